The predicted octanol–water partition coefficient (Wildman–Crippen LogP) is 6.34. The van der Waals surface area contributed by atoms with Gasteiger partial charge in [0, 0.05) is 13.0 Å². The lowest BCUT2D eigenvalue weighted by molar-refractivity contribution is -0.144. The summed E-state index contributed by atoms with van der Waals surface area (Å²) in [5.74, 6) is -0.863. The van der Waals surface area contributed by atoms with Crippen LogP contribution in [0.4, 0.5) is 0 Å². The average molecular weight is 472 g/mol. The van der Waals surface area contributed by atoms with E-state index in [1.54, 1.807) is 0 Å². The number of aliphatic carboxylic acids is 1. The number of esters is 1. The number of carbonyl (C=O) groups excluding carboxylic acids is 1. The Balaban J connectivity index is 3.82. The van der Waals surface area contributed by atoms with Crippen LogP contribution < -0.4 is 0 Å². The Kier molecular flexibility index (Phi) is 23.2. The molecule has 0 aliphatic heterocycles. The van der Waals surface area contributed by atoms with Crippen molar-refractivity contribution in [2.45, 2.75) is 135 Å². The van der Waals surface area contributed by atoms with Crippen LogP contribution in [0.2, 0.25) is 0 Å². The van der Waals surface area contributed by atoms with Crippen molar-refractivity contribution in [3.8, 4) is 0 Å². The number of ether oxygens (including phenoxy) is 1. The smallest absolute Gasteiger partial charge is 0.320 e. The molecule has 0 radical (unpaired) electrons. The van der Waals surface area contributed by atoms with E-state index in [2.05, 4.69) is 13.8 Å². The third-order valence-corrected chi connectivity index (χ3v) is 6.28. The minimum absolute atomic E-state index is 0.0142. The van der Waals surface area contributed by atoms with Crippen LogP contribution in [0.15, 0.2) is 0 Å². The predicted molar refractivity (Wildman–Crippen MR) is 135 cm³/mol. The summed E-state index contributed by atoms with van der Waals surface area (Å²) in [5, 5.41) is 19.0. The third-order valence-electron chi connectivity index (χ3n) is 6.28. The van der Waals surface area contributed by atoms with Gasteiger partial charge in [0.25, 0.3) is 0 Å². The van der Waals surface area contributed by atoms with Crippen LogP contribution in [0.3, 0.4) is 0 Å². The van der Waals surface area contributed by atoms with Crippen molar-refractivity contribution in [1.29, 1.82) is 0 Å². The van der Waals surface area contributed by atoms with Gasteiger partial charge in [-0.1, -0.05) is 97.3 Å². The molecule has 0 aliphatic carbocycles. The number of aliphatic hydroxyl groups is 1. The first-order valence-electron chi connectivity index (χ1n) is 13.8. The Labute approximate surface area is 203 Å². The molecule has 1 atom stereocenters. The van der Waals surface area contributed by atoms with Crippen LogP contribution in [0.25, 0.3) is 0 Å². The molecule has 0 aromatic heterocycles. The molecule has 2 N–H and O–H groups in total. The van der Waals surface area contributed by atoms with E-state index in [1.165, 1.54) is 32.1 Å². The number of carboxylic acid groups (broad SMARTS) is 1. The molecule has 6 heteroatoms. The molecular weight excluding hydrogens is 418 g/mol. The van der Waals surface area contributed by atoms with Gasteiger partial charge in [0.05, 0.1) is 13.2 Å². The molecule has 0 spiro atoms. The number of rotatable bonds is 25. The summed E-state index contributed by atoms with van der Waals surface area (Å²) in [4.78, 5) is 25.5. The molecule has 0 aromatic carbocycles. The molecule has 0 rings (SSSR count). The minimum atomic E-state index is -0.782. The van der Waals surface area contributed by atoms with Crippen LogP contribution in [0.5, 0.6) is 0 Å². The van der Waals surface area contributed by atoms with Crippen LogP contribution in [-0.4, -0.2) is 59.4 Å². The lowest BCUT2D eigenvalue weighted by Gasteiger charge is -2.28. The molecule has 0 saturated heterocycles. The van der Waals surface area contributed by atoms with Gasteiger partial charge in [-0.05, 0) is 32.2 Å². The number of carboxylic acids is 1. The lowest BCUT2D eigenvalue weighted by atomic mass is 10.0. The van der Waals surface area contributed by atoms with Gasteiger partial charge in [-0.3, -0.25) is 14.5 Å². The molecule has 1 unspecified atom stereocenters. The normalized spacial score (nSPS) is 12.2. The van der Waals surface area contributed by atoms with Gasteiger partial charge >= 0.3 is 11.9 Å². The zero-order valence-electron chi connectivity index (χ0n) is 21.7. The van der Waals surface area contributed by atoms with Crippen LogP contribution in [0.1, 0.15) is 129 Å². The van der Waals surface area contributed by atoms with Gasteiger partial charge in [-0.2, -0.15) is 0 Å². The third kappa shape index (κ3) is 20.0. The maximum absolute atomic E-state index is 11.8. The molecule has 0 aromatic rings. The molecule has 0 amide bonds. The second-order valence-corrected chi connectivity index (χ2v) is 9.32. The van der Waals surface area contributed by atoms with Crippen molar-refractivity contribution < 1.29 is 24.5 Å². The van der Waals surface area contributed by atoms with Crippen molar-refractivity contribution in [2.75, 3.05) is 26.3 Å². The van der Waals surface area contributed by atoms with Crippen molar-refractivity contribution in [3.05, 3.63) is 0 Å². The topological polar surface area (TPSA) is 87.1 Å². The monoisotopic (exact) mass is 471 g/mol. The summed E-state index contributed by atoms with van der Waals surface area (Å²) in [6.07, 6.45) is 18.7. The molecule has 0 heterocycles. The van der Waals surface area contributed by atoms with Crippen molar-refractivity contribution in [3.63, 3.8) is 0 Å². The number of hydrogen-bond acceptors (Lipinski definition) is 5. The first kappa shape index (κ1) is 31.9. The first-order chi connectivity index (χ1) is 16.1. The molecular formula is C27H53NO5. The van der Waals surface area contributed by atoms with Gasteiger partial charge < -0.3 is 14.9 Å². The Morgan fingerprint density at radius 2 is 1.27 bits per heavy atom. The van der Waals surface area contributed by atoms with E-state index in [-0.39, 0.29) is 12.6 Å². The first-order valence-corrected chi connectivity index (χ1v) is 13.8. The maximum Gasteiger partial charge on any atom is 0.320 e. The van der Waals surface area contributed by atoms with Gasteiger partial charge in [0.2, 0.25) is 0 Å². The Hall–Kier alpha value is -1.14. The van der Waals surface area contributed by atoms with Crippen LogP contribution >= 0.6 is 0 Å². The highest BCUT2D eigenvalue weighted by Crippen LogP contribution is 2.14. The van der Waals surface area contributed by atoms with Crippen molar-refractivity contribution >= 4 is 11.9 Å². The summed E-state index contributed by atoms with van der Waals surface area (Å²) < 4.78 is 5.33. The summed E-state index contributed by atoms with van der Waals surface area (Å²) in [7, 11) is 0. The van der Waals surface area contributed by atoms with Crippen LogP contribution in [0, 0.1) is 0 Å². The fourth-order valence-corrected chi connectivity index (χ4v) is 4.21. The quantitative estimate of drug-likeness (QED) is 0.119. The number of carbonyl (C=O) groups is 2. The summed E-state index contributed by atoms with van der Waals surface area (Å²) in [5.41, 5.74) is 0. The molecule has 0 aliphatic rings. The Morgan fingerprint density at radius 1 is 0.727 bits per heavy atom. The highest BCUT2D eigenvalue weighted by Gasteiger charge is 2.24. The largest absolute Gasteiger partial charge is 0.480 e. The Morgan fingerprint density at radius 3 is 1.88 bits per heavy atom. The second-order valence-electron chi connectivity index (χ2n) is 9.32. The Bertz CT molecular complexity index is 458. The average Bonchev–Trinajstić information content (AvgIpc) is 2.79. The summed E-state index contributed by atoms with van der Waals surface area (Å²) in [6, 6.07) is -0.500. The van der Waals surface area contributed by atoms with E-state index in [4.69, 9.17) is 4.74 Å². The van der Waals surface area contributed by atoms with E-state index >= 15 is 0 Å². The zero-order chi connectivity index (χ0) is 24.6. The van der Waals surface area contributed by atoms with Gasteiger partial charge in [-0.25, -0.2) is 0 Å². The van der Waals surface area contributed by atoms with E-state index in [9.17, 15) is 19.8 Å². The lowest BCUT2D eigenvalue weighted by Crippen LogP contribution is -2.43. The SMILES string of the molecule is CCCCCCCCCOC(=O)CCCCCCCN(CCO)C(CCCCCC)C(=O)O. The fourth-order valence-electron chi connectivity index (χ4n) is 4.21. The maximum atomic E-state index is 11.8. The fraction of sp³-hybridized carbons (Fsp3) is 0.926. The number of aliphatic hydroxyl groups excluding tert-OH is 1. The molecule has 0 bridgehead atoms. The summed E-state index contributed by atoms with van der Waals surface area (Å²) in [6.45, 7) is 6.02. The van der Waals surface area contributed by atoms with E-state index < -0.39 is 12.0 Å². The highest BCUT2D eigenvalue weighted by atomic mass is 16.5. The minimum Gasteiger partial charge on any atom is -0.480 e. The molecule has 6 nitrogen and oxygen atoms in total. The standard InChI is InChI=1S/C27H53NO5/c1-3-5-7-9-10-14-18-24-33-26(30)20-16-12-11-13-17-21-28(22-23-29)25(27(31)32)19-15-8-6-4-2/h25,29H,3-24H2,1-2H3,(H,31,32). The molecule has 0 saturated carbocycles. The van der Waals surface area contributed by atoms with E-state index in [0.29, 0.717) is 32.5 Å². The second kappa shape index (κ2) is 24.0. The number of nitrogens with zero attached hydrogens (tertiary/aromatic N) is 1. The van der Waals surface area contributed by atoms with Crippen molar-refractivity contribution in [1.82, 2.24) is 4.90 Å². The molecule has 196 valence electrons. The molecule has 0 fully saturated rings. The highest BCUT2D eigenvalue weighted by molar-refractivity contribution is 5.73. The van der Waals surface area contributed by atoms with Crippen LogP contribution in [-0.2, 0) is 14.3 Å². The van der Waals surface area contributed by atoms with Gasteiger partial charge in [-0.15, -0.1) is 0 Å². The number of hydrogen-bond donors (Lipinski definition) is 2. The van der Waals surface area contributed by atoms with Gasteiger partial charge in [0.15, 0.2) is 0 Å². The molecule has 33 heavy (non-hydrogen) atoms. The van der Waals surface area contributed by atoms with Crippen molar-refractivity contribution in [2.24, 2.45) is 0 Å². The summed E-state index contributed by atoms with van der Waals surface area (Å²) >= 11 is 0. The number of unbranched alkanes of at least 4 members (excludes halogenated alkanes) is 13. The van der Waals surface area contributed by atoms with E-state index in [1.807, 2.05) is 4.90 Å². The van der Waals surface area contributed by atoms with Gasteiger partial charge in [0.1, 0.15) is 6.04 Å². The zero-order valence-corrected chi connectivity index (χ0v) is 21.7. The van der Waals surface area contributed by atoms with E-state index in [0.717, 1.165) is 70.6 Å².